The summed E-state index contributed by atoms with van der Waals surface area (Å²) in [6.45, 7) is 0. The topological polar surface area (TPSA) is 55.3 Å². The fourth-order valence-electron chi connectivity index (χ4n) is 6.01. The van der Waals surface area contributed by atoms with Crippen molar-refractivity contribution in [2.24, 2.45) is 0 Å². The van der Waals surface area contributed by atoms with Crippen LogP contribution >= 0.6 is 11.3 Å². The number of hydrogen-bond donors (Lipinski definition) is 0. The third-order valence-corrected chi connectivity index (χ3v) is 9.35. The third kappa shape index (κ3) is 4.22. The molecule has 44 heavy (non-hydrogen) atoms. The van der Waals surface area contributed by atoms with Crippen LogP contribution < -0.4 is 4.90 Å². The SMILES string of the molecule is C1=Cc2oc(-c3ccc(N(c4ccc(-c5nc6ccccc6o5)cc4)c4ccc5sc6ccccc6c5c4)cc3)nc2CC1. The van der Waals surface area contributed by atoms with Gasteiger partial charge in [-0.25, -0.2) is 9.97 Å². The minimum atomic E-state index is 0.614. The molecular weight excluding hydrogens is 563 g/mol. The van der Waals surface area contributed by atoms with Gasteiger partial charge in [0.05, 0.1) is 5.69 Å². The summed E-state index contributed by atoms with van der Waals surface area (Å²) in [5.74, 6) is 2.14. The van der Waals surface area contributed by atoms with Gasteiger partial charge >= 0.3 is 0 Å². The number of aryl methyl sites for hydroxylation is 1. The zero-order valence-electron chi connectivity index (χ0n) is 23.6. The second-order valence-corrected chi connectivity index (χ2v) is 12.0. The van der Waals surface area contributed by atoms with Gasteiger partial charge in [0.15, 0.2) is 11.3 Å². The van der Waals surface area contributed by atoms with Gasteiger partial charge in [-0.1, -0.05) is 36.4 Å². The van der Waals surface area contributed by atoms with Gasteiger partial charge < -0.3 is 13.7 Å². The number of para-hydroxylation sites is 2. The summed E-state index contributed by atoms with van der Waals surface area (Å²) in [6, 6.07) is 40.1. The van der Waals surface area contributed by atoms with Gasteiger partial charge in [0.25, 0.3) is 0 Å². The Morgan fingerprint density at radius 1 is 0.614 bits per heavy atom. The van der Waals surface area contributed by atoms with Gasteiger partial charge in [0, 0.05) is 48.4 Å². The first kappa shape index (κ1) is 25.1. The first-order chi connectivity index (χ1) is 21.8. The molecule has 0 saturated carbocycles. The van der Waals surface area contributed by atoms with Gasteiger partial charge in [-0.15, -0.1) is 11.3 Å². The molecule has 0 N–H and O–H groups in total. The molecule has 1 aliphatic carbocycles. The van der Waals surface area contributed by atoms with Crippen molar-refractivity contribution in [3.63, 3.8) is 0 Å². The second kappa shape index (κ2) is 10.1. The molecule has 0 amide bonds. The Kier molecular flexibility index (Phi) is 5.74. The quantitative estimate of drug-likeness (QED) is 0.200. The maximum atomic E-state index is 6.09. The van der Waals surface area contributed by atoms with Crippen LogP contribution in [0.25, 0.3) is 60.3 Å². The van der Waals surface area contributed by atoms with Gasteiger partial charge in [-0.3, -0.25) is 0 Å². The lowest BCUT2D eigenvalue weighted by Gasteiger charge is -2.26. The van der Waals surface area contributed by atoms with Gasteiger partial charge in [-0.05, 0) is 104 Å². The van der Waals surface area contributed by atoms with Crippen LogP contribution in [0.3, 0.4) is 0 Å². The summed E-state index contributed by atoms with van der Waals surface area (Å²) in [5.41, 5.74) is 7.72. The molecule has 8 aromatic rings. The Balaban J connectivity index is 1.14. The highest BCUT2D eigenvalue weighted by molar-refractivity contribution is 7.25. The maximum Gasteiger partial charge on any atom is 0.227 e. The lowest BCUT2D eigenvalue weighted by Crippen LogP contribution is -2.09. The number of hydrogen-bond acceptors (Lipinski definition) is 6. The third-order valence-electron chi connectivity index (χ3n) is 8.20. The molecule has 0 aliphatic heterocycles. The van der Waals surface area contributed by atoms with Crippen LogP contribution in [0, 0.1) is 0 Å². The van der Waals surface area contributed by atoms with Gasteiger partial charge in [0.2, 0.25) is 11.8 Å². The van der Waals surface area contributed by atoms with Crippen LogP contribution in [-0.4, -0.2) is 9.97 Å². The fourth-order valence-corrected chi connectivity index (χ4v) is 7.10. The molecule has 3 heterocycles. The Labute approximate surface area is 257 Å². The summed E-state index contributed by atoms with van der Waals surface area (Å²) < 4.78 is 14.7. The van der Waals surface area contributed by atoms with E-state index in [1.807, 2.05) is 41.7 Å². The van der Waals surface area contributed by atoms with Crippen LogP contribution in [0.4, 0.5) is 17.1 Å². The zero-order chi connectivity index (χ0) is 29.0. The number of rotatable bonds is 5. The summed E-state index contributed by atoms with van der Waals surface area (Å²) in [6.07, 6.45) is 6.09. The Morgan fingerprint density at radius 3 is 2.07 bits per heavy atom. The molecule has 5 nitrogen and oxygen atoms in total. The number of aromatic nitrogens is 2. The van der Waals surface area contributed by atoms with E-state index < -0.39 is 0 Å². The molecule has 0 unspecified atom stereocenters. The summed E-state index contributed by atoms with van der Waals surface area (Å²) in [7, 11) is 0. The number of oxazole rings is 2. The van der Waals surface area contributed by atoms with Crippen LogP contribution in [0.5, 0.6) is 0 Å². The molecule has 0 bridgehead atoms. The van der Waals surface area contributed by atoms with E-state index in [2.05, 4.69) is 102 Å². The first-order valence-corrected chi connectivity index (χ1v) is 15.5. The van der Waals surface area contributed by atoms with Crippen molar-refractivity contribution in [3.05, 3.63) is 133 Å². The van der Waals surface area contributed by atoms with Crippen molar-refractivity contribution >= 4 is 65.7 Å². The van der Waals surface area contributed by atoms with E-state index in [4.69, 9.17) is 18.8 Å². The van der Waals surface area contributed by atoms with Crippen molar-refractivity contribution in [3.8, 4) is 22.9 Å². The number of allylic oxidation sites excluding steroid dienone is 1. The van der Waals surface area contributed by atoms with E-state index >= 15 is 0 Å². The average Bonchev–Trinajstić information content (AvgIpc) is 3.81. The molecule has 1 aliphatic rings. The van der Waals surface area contributed by atoms with E-state index in [0.717, 1.165) is 63.6 Å². The molecule has 3 aromatic heterocycles. The molecule has 0 fully saturated rings. The van der Waals surface area contributed by atoms with Crippen LogP contribution in [0.2, 0.25) is 0 Å². The Bertz CT molecular complexity index is 2310. The summed E-state index contributed by atoms with van der Waals surface area (Å²) in [5, 5.41) is 2.53. The average molecular weight is 588 g/mol. The Morgan fingerprint density at radius 2 is 1.30 bits per heavy atom. The standard InChI is InChI=1S/C38H25N3O2S/c1-6-12-35-29(7-1)30-23-28(21-22-36(30)44-35)41(26-17-13-24(14-18-26)37-39-31-8-2-4-10-33(31)42-37)27-19-15-25(16-20-27)38-40-32-9-3-5-11-34(32)43-38/h1-2,4-8,10-23H,3,9H2. The van der Waals surface area contributed by atoms with Crippen LogP contribution in [0.15, 0.2) is 130 Å². The number of nitrogens with zero attached hydrogens (tertiary/aromatic N) is 3. The van der Waals surface area contributed by atoms with E-state index in [1.54, 1.807) is 0 Å². The number of anilines is 3. The molecule has 6 heteroatoms. The predicted octanol–water partition coefficient (Wildman–Crippen LogP) is 10.9. The van der Waals surface area contributed by atoms with Crippen molar-refractivity contribution in [2.75, 3.05) is 4.90 Å². The number of fused-ring (bicyclic) bond motifs is 5. The van der Waals surface area contributed by atoms with Crippen molar-refractivity contribution in [1.82, 2.24) is 9.97 Å². The van der Waals surface area contributed by atoms with Gasteiger partial charge in [0.1, 0.15) is 5.52 Å². The summed E-state index contributed by atoms with van der Waals surface area (Å²) >= 11 is 1.83. The predicted molar refractivity (Wildman–Crippen MR) is 180 cm³/mol. The number of benzene rings is 5. The van der Waals surface area contributed by atoms with Gasteiger partial charge in [-0.2, -0.15) is 0 Å². The van der Waals surface area contributed by atoms with Crippen LogP contribution in [0.1, 0.15) is 17.9 Å². The minimum absolute atomic E-state index is 0.614. The highest BCUT2D eigenvalue weighted by atomic mass is 32.1. The van der Waals surface area contributed by atoms with Crippen molar-refractivity contribution in [1.29, 1.82) is 0 Å². The van der Waals surface area contributed by atoms with Crippen molar-refractivity contribution in [2.45, 2.75) is 12.8 Å². The number of thiophene rings is 1. The van der Waals surface area contributed by atoms with E-state index in [1.165, 1.54) is 20.2 Å². The summed E-state index contributed by atoms with van der Waals surface area (Å²) in [4.78, 5) is 11.8. The normalized spacial score (nSPS) is 12.7. The van der Waals surface area contributed by atoms with E-state index in [-0.39, 0.29) is 0 Å². The lowest BCUT2D eigenvalue weighted by molar-refractivity contribution is 0.560. The van der Waals surface area contributed by atoms with Crippen molar-refractivity contribution < 1.29 is 8.83 Å². The second-order valence-electron chi connectivity index (χ2n) is 11.0. The molecule has 0 radical (unpaired) electrons. The highest BCUT2D eigenvalue weighted by Gasteiger charge is 2.18. The minimum Gasteiger partial charge on any atom is -0.436 e. The fraction of sp³-hybridized carbons (Fsp3) is 0.0526. The van der Waals surface area contributed by atoms with Crippen LogP contribution in [-0.2, 0) is 6.42 Å². The molecular formula is C38H25N3O2S. The molecule has 5 aromatic carbocycles. The van der Waals surface area contributed by atoms with E-state index in [0.29, 0.717) is 11.8 Å². The highest BCUT2D eigenvalue weighted by Crippen LogP contribution is 2.41. The Hall–Kier alpha value is -5.46. The lowest BCUT2D eigenvalue weighted by atomic mass is 10.1. The monoisotopic (exact) mass is 587 g/mol. The molecule has 9 rings (SSSR count). The molecule has 210 valence electrons. The van der Waals surface area contributed by atoms with E-state index in [9.17, 15) is 0 Å². The molecule has 0 spiro atoms. The first-order valence-electron chi connectivity index (χ1n) is 14.7. The largest absolute Gasteiger partial charge is 0.436 e. The zero-order valence-corrected chi connectivity index (χ0v) is 24.4. The molecule has 0 atom stereocenters. The smallest absolute Gasteiger partial charge is 0.227 e. The molecule has 0 saturated heterocycles. The maximum absolute atomic E-state index is 6.09.